The molecule has 2 aromatic carbocycles. The standard InChI is InChI=1S/C16H17N3O5S/c1-18-25(22,23)14-4-2-3-11(9-14)16(21)19-12-5-7-13(8-6-12)24-10-15(17)20/h2-9,18H,10H2,1H3,(H2,17,20)(H,19,21). The molecule has 0 heterocycles. The smallest absolute Gasteiger partial charge is 0.255 e. The summed E-state index contributed by atoms with van der Waals surface area (Å²) in [6.07, 6.45) is 0. The first-order valence-electron chi connectivity index (χ1n) is 7.18. The number of amides is 2. The van der Waals surface area contributed by atoms with Crippen LogP contribution in [0.1, 0.15) is 10.4 Å². The lowest BCUT2D eigenvalue weighted by Gasteiger charge is -2.08. The maximum atomic E-state index is 12.3. The predicted molar refractivity (Wildman–Crippen MR) is 91.8 cm³/mol. The molecule has 4 N–H and O–H groups in total. The highest BCUT2D eigenvalue weighted by Gasteiger charge is 2.14. The molecule has 0 saturated heterocycles. The van der Waals surface area contributed by atoms with Crippen LogP contribution in [0.3, 0.4) is 0 Å². The number of benzene rings is 2. The number of hydrogen-bond donors (Lipinski definition) is 3. The number of anilines is 1. The van der Waals surface area contributed by atoms with Gasteiger partial charge in [0.25, 0.3) is 11.8 Å². The summed E-state index contributed by atoms with van der Waals surface area (Å²) in [7, 11) is -2.33. The number of ether oxygens (including phenoxy) is 1. The molecule has 132 valence electrons. The molecule has 0 aromatic heterocycles. The summed E-state index contributed by atoms with van der Waals surface area (Å²) in [5, 5.41) is 2.65. The van der Waals surface area contributed by atoms with E-state index in [0.717, 1.165) is 0 Å². The minimum absolute atomic E-state index is 0.00199. The van der Waals surface area contributed by atoms with Crippen LogP contribution in [-0.4, -0.2) is 33.9 Å². The number of primary amides is 1. The molecular formula is C16H17N3O5S. The second kappa shape index (κ2) is 7.77. The fourth-order valence-electron chi connectivity index (χ4n) is 1.91. The second-order valence-electron chi connectivity index (χ2n) is 4.97. The molecule has 0 aliphatic carbocycles. The van der Waals surface area contributed by atoms with E-state index in [-0.39, 0.29) is 17.1 Å². The van der Waals surface area contributed by atoms with Gasteiger partial charge in [-0.2, -0.15) is 0 Å². The minimum atomic E-state index is -3.63. The molecule has 0 aliphatic rings. The van der Waals surface area contributed by atoms with Crippen molar-refractivity contribution in [2.45, 2.75) is 4.90 Å². The topological polar surface area (TPSA) is 128 Å². The Kier molecular flexibility index (Phi) is 5.73. The van der Waals surface area contributed by atoms with E-state index in [9.17, 15) is 18.0 Å². The molecule has 0 atom stereocenters. The molecule has 0 aliphatic heterocycles. The van der Waals surface area contributed by atoms with Gasteiger partial charge in [0.05, 0.1) is 4.90 Å². The average molecular weight is 363 g/mol. The molecule has 0 bridgehead atoms. The van der Waals surface area contributed by atoms with E-state index in [1.165, 1.54) is 31.3 Å². The molecule has 0 unspecified atom stereocenters. The fraction of sp³-hybridized carbons (Fsp3) is 0.125. The van der Waals surface area contributed by atoms with Crippen molar-refractivity contribution in [3.05, 3.63) is 54.1 Å². The van der Waals surface area contributed by atoms with Crippen molar-refractivity contribution in [2.24, 2.45) is 5.73 Å². The third kappa shape index (κ3) is 5.03. The summed E-state index contributed by atoms with van der Waals surface area (Å²) in [6.45, 7) is -0.238. The van der Waals surface area contributed by atoms with Gasteiger partial charge in [0, 0.05) is 11.3 Å². The van der Waals surface area contributed by atoms with Crippen molar-refractivity contribution in [2.75, 3.05) is 19.0 Å². The third-order valence-corrected chi connectivity index (χ3v) is 4.58. The molecule has 2 aromatic rings. The minimum Gasteiger partial charge on any atom is -0.484 e. The van der Waals surface area contributed by atoms with Crippen molar-refractivity contribution in [3.8, 4) is 5.75 Å². The van der Waals surface area contributed by atoms with Crippen molar-refractivity contribution in [1.82, 2.24) is 4.72 Å². The van der Waals surface area contributed by atoms with Gasteiger partial charge in [-0.05, 0) is 49.5 Å². The molecule has 8 nitrogen and oxygen atoms in total. The van der Waals surface area contributed by atoms with Gasteiger partial charge in [-0.3, -0.25) is 9.59 Å². The van der Waals surface area contributed by atoms with Gasteiger partial charge in [-0.1, -0.05) is 6.07 Å². The summed E-state index contributed by atoms with van der Waals surface area (Å²) >= 11 is 0. The summed E-state index contributed by atoms with van der Waals surface area (Å²) in [5.74, 6) is -0.619. The van der Waals surface area contributed by atoms with Gasteiger partial charge in [0.2, 0.25) is 10.0 Å². The van der Waals surface area contributed by atoms with Crippen LogP contribution in [0.25, 0.3) is 0 Å². The van der Waals surface area contributed by atoms with Crippen molar-refractivity contribution in [1.29, 1.82) is 0 Å². The quantitative estimate of drug-likeness (QED) is 0.667. The third-order valence-electron chi connectivity index (χ3n) is 3.17. The SMILES string of the molecule is CNS(=O)(=O)c1cccc(C(=O)Nc2ccc(OCC(N)=O)cc2)c1. The summed E-state index contributed by atoms with van der Waals surface area (Å²) < 4.78 is 30.9. The van der Waals surface area contributed by atoms with E-state index in [1.807, 2.05) is 0 Å². The maximum Gasteiger partial charge on any atom is 0.255 e. The molecule has 0 saturated carbocycles. The Morgan fingerprint density at radius 3 is 2.40 bits per heavy atom. The van der Waals surface area contributed by atoms with Crippen LogP contribution in [-0.2, 0) is 14.8 Å². The van der Waals surface area contributed by atoms with Crippen LogP contribution >= 0.6 is 0 Å². The Morgan fingerprint density at radius 1 is 1.12 bits per heavy atom. The zero-order valence-corrected chi connectivity index (χ0v) is 14.2. The fourth-order valence-corrected chi connectivity index (χ4v) is 2.69. The highest BCUT2D eigenvalue weighted by atomic mass is 32.2. The van der Waals surface area contributed by atoms with Crippen LogP contribution in [0.2, 0.25) is 0 Å². The first kappa shape index (κ1) is 18.4. The van der Waals surface area contributed by atoms with Crippen LogP contribution in [0, 0.1) is 0 Å². The number of rotatable bonds is 7. The molecule has 2 rings (SSSR count). The lowest BCUT2D eigenvalue weighted by Crippen LogP contribution is -2.20. The number of hydrogen-bond acceptors (Lipinski definition) is 5. The molecule has 0 radical (unpaired) electrons. The lowest BCUT2D eigenvalue weighted by atomic mass is 10.2. The molecule has 9 heteroatoms. The normalized spacial score (nSPS) is 10.9. The molecular weight excluding hydrogens is 346 g/mol. The Bertz CT molecular complexity index is 879. The number of sulfonamides is 1. The summed E-state index contributed by atoms with van der Waals surface area (Å²) in [6, 6.07) is 12.0. The average Bonchev–Trinajstić information content (AvgIpc) is 2.61. The number of carbonyl (C=O) groups is 2. The highest BCUT2D eigenvalue weighted by Crippen LogP contribution is 2.17. The number of nitrogens with two attached hydrogens (primary N) is 1. The van der Waals surface area contributed by atoms with Crippen LogP contribution in [0.15, 0.2) is 53.4 Å². The van der Waals surface area contributed by atoms with E-state index in [1.54, 1.807) is 24.3 Å². The van der Waals surface area contributed by atoms with Crippen molar-refractivity contribution < 1.29 is 22.7 Å². The Labute approximate surface area is 145 Å². The monoisotopic (exact) mass is 363 g/mol. The van der Waals surface area contributed by atoms with Crippen molar-refractivity contribution in [3.63, 3.8) is 0 Å². The second-order valence-corrected chi connectivity index (χ2v) is 6.86. The van der Waals surface area contributed by atoms with E-state index < -0.39 is 21.8 Å². The summed E-state index contributed by atoms with van der Waals surface area (Å²) in [4.78, 5) is 22.9. The Morgan fingerprint density at radius 2 is 1.80 bits per heavy atom. The van der Waals surface area contributed by atoms with Crippen LogP contribution < -0.4 is 20.5 Å². The van der Waals surface area contributed by atoms with E-state index in [0.29, 0.717) is 11.4 Å². The maximum absolute atomic E-state index is 12.3. The van der Waals surface area contributed by atoms with Gasteiger partial charge < -0.3 is 15.8 Å². The molecule has 0 fully saturated rings. The molecule has 25 heavy (non-hydrogen) atoms. The van der Waals surface area contributed by atoms with Gasteiger partial charge in [0.1, 0.15) is 5.75 Å². The summed E-state index contributed by atoms with van der Waals surface area (Å²) in [5.41, 5.74) is 5.67. The van der Waals surface area contributed by atoms with Gasteiger partial charge in [-0.15, -0.1) is 0 Å². The Balaban J connectivity index is 2.09. The largest absolute Gasteiger partial charge is 0.484 e. The first-order chi connectivity index (χ1) is 11.8. The van der Waals surface area contributed by atoms with Gasteiger partial charge >= 0.3 is 0 Å². The van der Waals surface area contributed by atoms with E-state index in [2.05, 4.69) is 10.0 Å². The van der Waals surface area contributed by atoms with Gasteiger partial charge in [-0.25, -0.2) is 13.1 Å². The molecule has 0 spiro atoms. The van der Waals surface area contributed by atoms with E-state index in [4.69, 9.17) is 10.5 Å². The Hall–Kier alpha value is -2.91. The van der Waals surface area contributed by atoms with Crippen LogP contribution in [0.4, 0.5) is 5.69 Å². The van der Waals surface area contributed by atoms with Crippen molar-refractivity contribution >= 4 is 27.5 Å². The number of carbonyl (C=O) groups excluding carboxylic acids is 2. The van der Waals surface area contributed by atoms with E-state index >= 15 is 0 Å². The van der Waals surface area contributed by atoms with Crippen LogP contribution in [0.5, 0.6) is 5.75 Å². The molecule has 2 amide bonds. The first-order valence-corrected chi connectivity index (χ1v) is 8.66. The van der Waals surface area contributed by atoms with Gasteiger partial charge in [0.15, 0.2) is 6.61 Å². The number of nitrogens with one attached hydrogen (secondary N) is 2. The predicted octanol–water partition coefficient (Wildman–Crippen LogP) is 0.711. The zero-order valence-electron chi connectivity index (χ0n) is 13.4. The zero-order chi connectivity index (χ0) is 18.4. The highest BCUT2D eigenvalue weighted by molar-refractivity contribution is 7.89. The lowest BCUT2D eigenvalue weighted by molar-refractivity contribution is -0.119.